The second-order valence-electron chi connectivity index (χ2n) is 7.58. The zero-order valence-electron chi connectivity index (χ0n) is 15.7. The summed E-state index contributed by atoms with van der Waals surface area (Å²) in [4.78, 5) is 30.7. The summed E-state index contributed by atoms with van der Waals surface area (Å²) in [6.07, 6.45) is 8.56. The van der Waals surface area contributed by atoms with Crippen LogP contribution in [0.5, 0.6) is 0 Å². The van der Waals surface area contributed by atoms with Gasteiger partial charge in [-0.1, -0.05) is 25.7 Å². The maximum Gasteiger partial charge on any atom is 0.257 e. The van der Waals surface area contributed by atoms with Gasteiger partial charge >= 0.3 is 0 Å². The normalized spacial score (nSPS) is 19.7. The maximum atomic E-state index is 13.0. The Labute approximate surface area is 167 Å². The fourth-order valence-electron chi connectivity index (χ4n) is 4.03. The molecule has 2 N–H and O–H groups in total. The van der Waals surface area contributed by atoms with Crippen LogP contribution in [0.2, 0.25) is 0 Å². The molecule has 28 heavy (non-hydrogen) atoms. The first-order valence-corrected chi connectivity index (χ1v) is 10.8. The van der Waals surface area contributed by atoms with Crippen molar-refractivity contribution in [3.63, 3.8) is 0 Å². The number of halogens is 1. The molecule has 0 aliphatic heterocycles. The van der Waals surface area contributed by atoms with E-state index < -0.39 is 0 Å². The van der Waals surface area contributed by atoms with Gasteiger partial charge in [0, 0.05) is 16.5 Å². The molecule has 1 aromatic carbocycles. The Kier molecular flexibility index (Phi) is 5.71. The fraction of sp³-hybridized carbons (Fsp3) is 0.476. The van der Waals surface area contributed by atoms with E-state index in [4.69, 9.17) is 0 Å². The number of nitrogens with zero attached hydrogens (tertiary/aromatic N) is 1. The van der Waals surface area contributed by atoms with E-state index in [2.05, 4.69) is 15.6 Å². The molecule has 0 bridgehead atoms. The number of aryl methyl sites for hydroxylation is 1. The number of hydrogen-bond acceptors (Lipinski definition) is 4. The van der Waals surface area contributed by atoms with E-state index in [0.29, 0.717) is 10.7 Å². The SMILES string of the molecule is O=C(Nc1nc2c(s1)CCC2C(=O)NC1CCCCCC1)c1ccc(F)cc1. The van der Waals surface area contributed by atoms with E-state index in [1.165, 1.54) is 61.3 Å². The van der Waals surface area contributed by atoms with E-state index in [0.717, 1.165) is 36.3 Å². The molecule has 2 aromatic rings. The number of nitrogens with one attached hydrogen (secondary N) is 2. The van der Waals surface area contributed by atoms with Crippen LogP contribution in [0, 0.1) is 5.82 Å². The predicted molar refractivity (Wildman–Crippen MR) is 107 cm³/mol. The van der Waals surface area contributed by atoms with Crippen molar-refractivity contribution in [1.82, 2.24) is 10.3 Å². The van der Waals surface area contributed by atoms with Gasteiger partial charge < -0.3 is 5.32 Å². The first-order valence-electron chi connectivity index (χ1n) is 9.97. The lowest BCUT2D eigenvalue weighted by molar-refractivity contribution is -0.123. The van der Waals surface area contributed by atoms with Crippen molar-refractivity contribution < 1.29 is 14.0 Å². The van der Waals surface area contributed by atoms with E-state index >= 15 is 0 Å². The van der Waals surface area contributed by atoms with Gasteiger partial charge in [0.05, 0.1) is 11.6 Å². The lowest BCUT2D eigenvalue weighted by Gasteiger charge is -2.19. The number of carbonyl (C=O) groups is 2. The van der Waals surface area contributed by atoms with Crippen LogP contribution in [0.4, 0.5) is 9.52 Å². The molecule has 1 unspecified atom stereocenters. The van der Waals surface area contributed by atoms with Crippen molar-refractivity contribution in [2.24, 2.45) is 0 Å². The zero-order valence-corrected chi connectivity index (χ0v) is 16.5. The molecule has 4 rings (SSSR count). The second kappa shape index (κ2) is 8.39. The number of aromatic nitrogens is 1. The molecule has 5 nitrogen and oxygen atoms in total. The summed E-state index contributed by atoms with van der Waals surface area (Å²) in [6.45, 7) is 0. The molecule has 1 aromatic heterocycles. The first kappa shape index (κ1) is 19.1. The van der Waals surface area contributed by atoms with Gasteiger partial charge in [0.1, 0.15) is 5.82 Å². The first-order chi connectivity index (χ1) is 13.6. The van der Waals surface area contributed by atoms with Gasteiger partial charge in [-0.2, -0.15) is 0 Å². The largest absolute Gasteiger partial charge is 0.353 e. The Morgan fingerprint density at radius 1 is 1.04 bits per heavy atom. The maximum absolute atomic E-state index is 13.0. The number of anilines is 1. The molecule has 2 aliphatic rings. The average Bonchev–Trinajstić information content (AvgIpc) is 3.14. The topological polar surface area (TPSA) is 71.1 Å². The number of thiazole rings is 1. The van der Waals surface area contributed by atoms with Crippen molar-refractivity contribution in [1.29, 1.82) is 0 Å². The van der Waals surface area contributed by atoms with Crippen LogP contribution in [0.15, 0.2) is 24.3 Å². The highest BCUT2D eigenvalue weighted by Crippen LogP contribution is 2.38. The fourth-order valence-corrected chi connectivity index (χ4v) is 5.07. The predicted octanol–water partition coefficient (Wildman–Crippen LogP) is 4.40. The molecule has 1 fully saturated rings. The number of rotatable bonds is 4. The highest BCUT2D eigenvalue weighted by molar-refractivity contribution is 7.16. The molecule has 7 heteroatoms. The summed E-state index contributed by atoms with van der Waals surface area (Å²) in [5.74, 6) is -0.877. The van der Waals surface area contributed by atoms with Crippen molar-refractivity contribution in [3.8, 4) is 0 Å². The Balaban J connectivity index is 1.41. The second-order valence-corrected chi connectivity index (χ2v) is 8.66. The van der Waals surface area contributed by atoms with Gasteiger partial charge in [-0.3, -0.25) is 14.9 Å². The summed E-state index contributed by atoms with van der Waals surface area (Å²) in [6, 6.07) is 5.66. The van der Waals surface area contributed by atoms with Gasteiger partial charge in [0.25, 0.3) is 5.91 Å². The van der Waals surface area contributed by atoms with Crippen LogP contribution in [-0.2, 0) is 11.2 Å². The molecule has 2 amide bonds. The quantitative estimate of drug-likeness (QED) is 0.746. The Bertz CT molecular complexity index is 857. The van der Waals surface area contributed by atoms with E-state index in [9.17, 15) is 14.0 Å². The third kappa shape index (κ3) is 4.24. The number of amides is 2. The van der Waals surface area contributed by atoms with Gasteiger partial charge in [-0.15, -0.1) is 11.3 Å². The highest BCUT2D eigenvalue weighted by Gasteiger charge is 2.33. The third-order valence-electron chi connectivity index (χ3n) is 5.56. The van der Waals surface area contributed by atoms with Crippen molar-refractivity contribution in [3.05, 3.63) is 46.2 Å². The Hall–Kier alpha value is -2.28. The van der Waals surface area contributed by atoms with Gasteiger partial charge in [-0.05, 0) is 49.9 Å². The number of benzene rings is 1. The van der Waals surface area contributed by atoms with Crippen LogP contribution >= 0.6 is 11.3 Å². The molecular formula is C21H24FN3O2S. The summed E-state index contributed by atoms with van der Waals surface area (Å²) in [7, 11) is 0. The van der Waals surface area contributed by atoms with Gasteiger partial charge in [0.15, 0.2) is 5.13 Å². The third-order valence-corrected chi connectivity index (χ3v) is 6.61. The molecule has 0 radical (unpaired) electrons. The molecule has 2 aliphatic carbocycles. The monoisotopic (exact) mass is 401 g/mol. The number of hydrogen-bond donors (Lipinski definition) is 2. The van der Waals surface area contributed by atoms with Crippen LogP contribution in [0.1, 0.15) is 71.8 Å². The standard InChI is InChI=1S/C21H24FN3O2S/c22-14-9-7-13(8-10-14)19(26)25-21-24-18-16(11-12-17(18)28-21)20(27)23-15-5-3-1-2-4-6-15/h7-10,15-16H,1-6,11-12H2,(H,23,27)(H,24,25,26). The lowest BCUT2D eigenvalue weighted by atomic mass is 10.0. The van der Waals surface area contributed by atoms with Crippen molar-refractivity contribution in [2.75, 3.05) is 5.32 Å². The minimum atomic E-state index is -0.382. The minimum absolute atomic E-state index is 0.0624. The van der Waals surface area contributed by atoms with E-state index in [1.54, 1.807) is 0 Å². The van der Waals surface area contributed by atoms with Crippen LogP contribution in [-0.4, -0.2) is 22.8 Å². The molecule has 1 saturated carbocycles. The Morgan fingerprint density at radius 2 is 1.75 bits per heavy atom. The van der Waals surface area contributed by atoms with Crippen LogP contribution in [0.25, 0.3) is 0 Å². The van der Waals surface area contributed by atoms with E-state index in [-0.39, 0.29) is 29.6 Å². The van der Waals surface area contributed by atoms with Crippen LogP contribution < -0.4 is 10.6 Å². The molecular weight excluding hydrogens is 377 g/mol. The van der Waals surface area contributed by atoms with Crippen molar-refractivity contribution in [2.45, 2.75) is 63.3 Å². The highest BCUT2D eigenvalue weighted by atomic mass is 32.1. The van der Waals surface area contributed by atoms with Gasteiger partial charge in [-0.25, -0.2) is 9.37 Å². The molecule has 1 atom stereocenters. The molecule has 0 spiro atoms. The lowest BCUT2D eigenvalue weighted by Crippen LogP contribution is -2.37. The summed E-state index contributed by atoms with van der Waals surface area (Å²) in [5, 5.41) is 6.49. The average molecular weight is 402 g/mol. The summed E-state index contributed by atoms with van der Waals surface area (Å²) < 4.78 is 13.0. The minimum Gasteiger partial charge on any atom is -0.353 e. The summed E-state index contributed by atoms with van der Waals surface area (Å²) >= 11 is 1.42. The van der Waals surface area contributed by atoms with Gasteiger partial charge in [0.2, 0.25) is 5.91 Å². The van der Waals surface area contributed by atoms with Crippen LogP contribution in [0.3, 0.4) is 0 Å². The smallest absolute Gasteiger partial charge is 0.257 e. The molecule has 0 saturated heterocycles. The van der Waals surface area contributed by atoms with E-state index in [1.807, 2.05) is 0 Å². The van der Waals surface area contributed by atoms with Crippen molar-refractivity contribution >= 4 is 28.3 Å². The zero-order chi connectivity index (χ0) is 19.5. The number of carbonyl (C=O) groups excluding carboxylic acids is 2. The Morgan fingerprint density at radius 3 is 2.46 bits per heavy atom. The summed E-state index contributed by atoms with van der Waals surface area (Å²) in [5.41, 5.74) is 1.17. The molecule has 1 heterocycles. The number of fused-ring (bicyclic) bond motifs is 1. The molecule has 148 valence electrons.